The van der Waals surface area contributed by atoms with Crippen LogP contribution in [0.5, 0.6) is 11.5 Å². The van der Waals surface area contributed by atoms with E-state index in [-0.39, 0.29) is 5.91 Å². The maximum atomic E-state index is 12.5. The van der Waals surface area contributed by atoms with Crippen molar-refractivity contribution in [1.82, 2.24) is 4.90 Å². The van der Waals surface area contributed by atoms with Gasteiger partial charge in [0.25, 0.3) is 5.91 Å². The quantitative estimate of drug-likeness (QED) is 0.874. The summed E-state index contributed by atoms with van der Waals surface area (Å²) >= 11 is 0. The number of amides is 1. The number of fused-ring (bicyclic) bond motifs is 1. The van der Waals surface area contributed by atoms with Crippen LogP contribution in [0, 0.1) is 11.3 Å². The van der Waals surface area contributed by atoms with Crippen LogP contribution in [0.1, 0.15) is 21.5 Å². The smallest absolute Gasteiger partial charge is 0.253 e. The van der Waals surface area contributed by atoms with Crippen molar-refractivity contribution >= 4 is 5.91 Å². The predicted octanol–water partition coefficient (Wildman–Crippen LogP) is 2.60. The van der Waals surface area contributed by atoms with Gasteiger partial charge in [0.05, 0.1) is 11.6 Å². The van der Waals surface area contributed by atoms with Gasteiger partial charge in [0.1, 0.15) is 13.2 Å². The van der Waals surface area contributed by atoms with Gasteiger partial charge in [0.2, 0.25) is 0 Å². The lowest BCUT2D eigenvalue weighted by Gasteiger charge is -2.21. The largest absolute Gasteiger partial charge is 0.486 e. The lowest BCUT2D eigenvalue weighted by Crippen LogP contribution is -2.26. The molecule has 0 saturated heterocycles. The topological polar surface area (TPSA) is 62.6 Å². The highest BCUT2D eigenvalue weighted by Gasteiger charge is 2.15. The second kappa shape index (κ2) is 6.41. The molecule has 1 heterocycles. The van der Waals surface area contributed by atoms with Gasteiger partial charge in [-0.25, -0.2) is 0 Å². The number of carbonyl (C=O) groups is 1. The zero-order valence-corrected chi connectivity index (χ0v) is 12.8. The van der Waals surface area contributed by atoms with Crippen LogP contribution >= 0.6 is 0 Å². The van der Waals surface area contributed by atoms with Gasteiger partial charge >= 0.3 is 0 Å². The van der Waals surface area contributed by atoms with E-state index in [1.165, 1.54) is 0 Å². The number of hydrogen-bond donors (Lipinski definition) is 0. The van der Waals surface area contributed by atoms with Crippen molar-refractivity contribution in [3.63, 3.8) is 0 Å². The van der Waals surface area contributed by atoms with Crippen LogP contribution in [0.25, 0.3) is 0 Å². The average Bonchev–Trinajstić information content (AvgIpc) is 2.61. The first kappa shape index (κ1) is 14.9. The molecule has 1 aliphatic heterocycles. The van der Waals surface area contributed by atoms with Crippen molar-refractivity contribution in [2.45, 2.75) is 6.54 Å². The Morgan fingerprint density at radius 3 is 2.74 bits per heavy atom. The van der Waals surface area contributed by atoms with E-state index in [1.54, 1.807) is 36.2 Å². The van der Waals surface area contributed by atoms with Crippen LogP contribution in [0.4, 0.5) is 0 Å². The van der Waals surface area contributed by atoms with E-state index in [0.717, 1.165) is 11.3 Å². The number of hydrogen-bond acceptors (Lipinski definition) is 4. The number of benzene rings is 2. The molecule has 5 nitrogen and oxygen atoms in total. The predicted molar refractivity (Wildman–Crippen MR) is 84.4 cm³/mol. The molecular weight excluding hydrogens is 292 g/mol. The van der Waals surface area contributed by atoms with Crippen molar-refractivity contribution < 1.29 is 14.3 Å². The van der Waals surface area contributed by atoms with Crippen molar-refractivity contribution in [2.75, 3.05) is 20.3 Å². The summed E-state index contributed by atoms with van der Waals surface area (Å²) in [7, 11) is 1.73. The fourth-order valence-electron chi connectivity index (χ4n) is 2.47. The lowest BCUT2D eigenvalue weighted by atomic mass is 10.1. The Hall–Kier alpha value is -3.00. The van der Waals surface area contributed by atoms with E-state index < -0.39 is 0 Å². The van der Waals surface area contributed by atoms with Gasteiger partial charge in [0, 0.05) is 19.2 Å². The van der Waals surface area contributed by atoms with Crippen LogP contribution in [0.15, 0.2) is 42.5 Å². The Morgan fingerprint density at radius 2 is 1.96 bits per heavy atom. The Morgan fingerprint density at radius 1 is 1.17 bits per heavy atom. The first-order chi connectivity index (χ1) is 11.2. The van der Waals surface area contributed by atoms with Crippen LogP contribution in [-0.4, -0.2) is 31.1 Å². The highest BCUT2D eigenvalue weighted by Crippen LogP contribution is 2.31. The summed E-state index contributed by atoms with van der Waals surface area (Å²) in [6.45, 7) is 1.54. The summed E-state index contributed by atoms with van der Waals surface area (Å²) in [4.78, 5) is 14.1. The third kappa shape index (κ3) is 3.27. The molecule has 0 bridgehead atoms. The second-order valence-electron chi connectivity index (χ2n) is 5.33. The first-order valence-corrected chi connectivity index (χ1v) is 7.31. The van der Waals surface area contributed by atoms with Crippen LogP contribution in [0.3, 0.4) is 0 Å². The molecule has 1 aliphatic rings. The van der Waals surface area contributed by atoms with Gasteiger partial charge < -0.3 is 14.4 Å². The summed E-state index contributed by atoms with van der Waals surface area (Å²) in [6.07, 6.45) is 0. The fourth-order valence-corrected chi connectivity index (χ4v) is 2.47. The molecule has 0 atom stereocenters. The summed E-state index contributed by atoms with van der Waals surface area (Å²) in [6, 6.07) is 14.4. The molecule has 5 heteroatoms. The average molecular weight is 308 g/mol. The molecule has 116 valence electrons. The molecule has 3 rings (SSSR count). The summed E-state index contributed by atoms with van der Waals surface area (Å²) in [5, 5.41) is 8.93. The Balaban J connectivity index is 1.74. The normalized spacial score (nSPS) is 12.3. The van der Waals surface area contributed by atoms with E-state index in [1.807, 2.05) is 24.3 Å². The number of nitrogens with zero attached hydrogens (tertiary/aromatic N) is 2. The van der Waals surface area contributed by atoms with Gasteiger partial charge in [0.15, 0.2) is 11.5 Å². The Bertz CT molecular complexity index is 780. The highest BCUT2D eigenvalue weighted by molar-refractivity contribution is 5.94. The molecule has 1 amide bonds. The summed E-state index contributed by atoms with van der Waals surface area (Å²) in [5.41, 5.74) is 1.94. The summed E-state index contributed by atoms with van der Waals surface area (Å²) < 4.78 is 11.0. The molecule has 0 fully saturated rings. The number of ether oxygens (including phenoxy) is 2. The van der Waals surface area contributed by atoms with Gasteiger partial charge in [-0.1, -0.05) is 12.1 Å². The monoisotopic (exact) mass is 308 g/mol. The first-order valence-electron chi connectivity index (χ1n) is 7.31. The van der Waals surface area contributed by atoms with Crippen molar-refractivity contribution in [3.05, 3.63) is 59.2 Å². The standard InChI is InChI=1S/C18H16N2O3/c1-20(18(21)15-4-2-3-13(9-15)11-19)12-14-5-6-16-17(10-14)23-8-7-22-16/h2-6,9-10H,7-8,12H2,1H3. The van der Waals surface area contributed by atoms with E-state index in [2.05, 4.69) is 0 Å². The lowest BCUT2D eigenvalue weighted by molar-refractivity contribution is 0.0784. The molecule has 23 heavy (non-hydrogen) atoms. The zero-order valence-electron chi connectivity index (χ0n) is 12.8. The van der Waals surface area contributed by atoms with Crippen molar-refractivity contribution in [2.24, 2.45) is 0 Å². The number of carbonyl (C=O) groups excluding carboxylic acids is 1. The van der Waals surface area contributed by atoms with E-state index in [9.17, 15) is 4.79 Å². The molecule has 2 aromatic rings. The second-order valence-corrected chi connectivity index (χ2v) is 5.33. The third-order valence-corrected chi connectivity index (χ3v) is 3.61. The third-order valence-electron chi connectivity index (χ3n) is 3.61. The minimum Gasteiger partial charge on any atom is -0.486 e. The van der Waals surface area contributed by atoms with E-state index in [4.69, 9.17) is 14.7 Å². The van der Waals surface area contributed by atoms with Crippen LogP contribution in [0.2, 0.25) is 0 Å². The molecule has 0 aliphatic carbocycles. The maximum absolute atomic E-state index is 12.5. The van der Waals surface area contributed by atoms with Crippen LogP contribution in [-0.2, 0) is 6.54 Å². The van der Waals surface area contributed by atoms with E-state index in [0.29, 0.717) is 36.6 Å². The van der Waals surface area contributed by atoms with Crippen molar-refractivity contribution in [3.8, 4) is 17.6 Å². The fraction of sp³-hybridized carbons (Fsp3) is 0.222. The molecule has 0 N–H and O–H groups in total. The van der Waals surface area contributed by atoms with Gasteiger partial charge in [-0.05, 0) is 35.9 Å². The van der Waals surface area contributed by atoms with Gasteiger partial charge in [-0.3, -0.25) is 4.79 Å². The minimum atomic E-state index is -0.128. The maximum Gasteiger partial charge on any atom is 0.253 e. The molecule has 0 spiro atoms. The Labute approximate surface area is 134 Å². The summed E-state index contributed by atoms with van der Waals surface area (Å²) in [5.74, 6) is 1.31. The highest BCUT2D eigenvalue weighted by atomic mass is 16.6. The zero-order chi connectivity index (χ0) is 16.2. The SMILES string of the molecule is CN(Cc1ccc2c(c1)OCCO2)C(=O)c1cccc(C#N)c1. The molecule has 2 aromatic carbocycles. The molecule has 0 unspecified atom stereocenters. The van der Waals surface area contributed by atoms with Gasteiger partial charge in [-0.2, -0.15) is 5.26 Å². The van der Waals surface area contributed by atoms with Crippen molar-refractivity contribution in [1.29, 1.82) is 5.26 Å². The van der Waals surface area contributed by atoms with Gasteiger partial charge in [-0.15, -0.1) is 0 Å². The Kier molecular flexibility index (Phi) is 4.15. The number of nitriles is 1. The van der Waals surface area contributed by atoms with Crippen LogP contribution < -0.4 is 9.47 Å². The molecule has 0 radical (unpaired) electrons. The minimum absolute atomic E-state index is 0.128. The molecule has 0 saturated carbocycles. The molecular formula is C18H16N2O3. The van der Waals surface area contributed by atoms with E-state index >= 15 is 0 Å². The molecule has 0 aromatic heterocycles. The number of rotatable bonds is 3.